The molecule has 2 atom stereocenters. The van der Waals surface area contributed by atoms with Crippen molar-refractivity contribution in [2.45, 2.75) is 50.2 Å². The Balaban J connectivity index is 1.66. The Hall–Kier alpha value is -1.75. The van der Waals surface area contributed by atoms with Gasteiger partial charge in [0.15, 0.2) is 0 Å². The van der Waals surface area contributed by atoms with Crippen molar-refractivity contribution in [2.24, 2.45) is 0 Å². The van der Waals surface area contributed by atoms with Crippen LogP contribution in [0.5, 0.6) is 5.75 Å². The van der Waals surface area contributed by atoms with Crippen LogP contribution in [0.4, 0.5) is 5.69 Å². The van der Waals surface area contributed by atoms with Crippen LogP contribution in [0.3, 0.4) is 0 Å². The summed E-state index contributed by atoms with van der Waals surface area (Å²) in [6.07, 6.45) is 5.77. The third kappa shape index (κ3) is 2.83. The standard InChI is InChI=1S/C16H23N3O2/c1-19-12-3-2-4-13(19)9-11(8-12)18-16(21)10-5-6-14(17)15(20)7-10/h5-7,11-13,20H,2-4,8-9,17H2,1H3,(H,18,21). The molecule has 0 radical (unpaired) electrons. The summed E-state index contributed by atoms with van der Waals surface area (Å²) in [6, 6.07) is 6.04. The fraction of sp³-hybridized carbons (Fsp3) is 0.562. The number of phenolic OH excluding ortho intramolecular Hbond substituents is 1. The number of nitrogen functional groups attached to an aromatic ring is 1. The molecule has 0 aliphatic carbocycles. The number of amides is 1. The van der Waals surface area contributed by atoms with Crippen LogP contribution >= 0.6 is 0 Å². The van der Waals surface area contributed by atoms with E-state index < -0.39 is 0 Å². The highest BCUT2D eigenvalue weighted by molar-refractivity contribution is 5.95. The third-order valence-electron chi connectivity index (χ3n) is 4.97. The van der Waals surface area contributed by atoms with Crippen LogP contribution in [0.2, 0.25) is 0 Å². The molecule has 114 valence electrons. The van der Waals surface area contributed by atoms with E-state index in [9.17, 15) is 9.90 Å². The molecule has 3 rings (SSSR count). The van der Waals surface area contributed by atoms with Gasteiger partial charge in [0, 0.05) is 23.7 Å². The number of anilines is 1. The average Bonchev–Trinajstić information content (AvgIpc) is 2.43. The van der Waals surface area contributed by atoms with Gasteiger partial charge in [0.2, 0.25) is 0 Å². The van der Waals surface area contributed by atoms with E-state index in [0.717, 1.165) is 12.8 Å². The molecule has 5 nitrogen and oxygen atoms in total. The summed E-state index contributed by atoms with van der Waals surface area (Å²) in [7, 11) is 2.20. The molecule has 2 heterocycles. The molecule has 2 aliphatic rings. The van der Waals surface area contributed by atoms with Crippen LogP contribution in [-0.4, -0.2) is 41.1 Å². The molecule has 0 spiro atoms. The fourth-order valence-corrected chi connectivity index (χ4v) is 3.69. The summed E-state index contributed by atoms with van der Waals surface area (Å²) in [6.45, 7) is 0. The van der Waals surface area contributed by atoms with Gasteiger partial charge in [-0.3, -0.25) is 4.79 Å². The van der Waals surface area contributed by atoms with E-state index in [-0.39, 0.29) is 17.7 Å². The highest BCUT2D eigenvalue weighted by Gasteiger charge is 2.36. The quantitative estimate of drug-likeness (QED) is 0.572. The largest absolute Gasteiger partial charge is 0.506 e. The van der Waals surface area contributed by atoms with Crippen LogP contribution in [-0.2, 0) is 0 Å². The molecular weight excluding hydrogens is 266 g/mol. The second kappa shape index (κ2) is 5.56. The lowest BCUT2D eigenvalue weighted by Crippen LogP contribution is -2.55. The minimum absolute atomic E-state index is 0.0390. The van der Waals surface area contributed by atoms with Crippen LogP contribution in [0.15, 0.2) is 18.2 Å². The smallest absolute Gasteiger partial charge is 0.251 e. The first-order valence-corrected chi connectivity index (χ1v) is 7.66. The molecule has 0 saturated carbocycles. The Morgan fingerprint density at radius 2 is 2.00 bits per heavy atom. The topological polar surface area (TPSA) is 78.6 Å². The fourth-order valence-electron chi connectivity index (χ4n) is 3.69. The highest BCUT2D eigenvalue weighted by Crippen LogP contribution is 2.32. The predicted octanol–water partition coefficient (Wildman–Crippen LogP) is 1.72. The van der Waals surface area contributed by atoms with Crippen LogP contribution in [0.25, 0.3) is 0 Å². The predicted molar refractivity (Wildman–Crippen MR) is 82.2 cm³/mol. The zero-order valence-corrected chi connectivity index (χ0v) is 12.4. The Bertz CT molecular complexity index is 532. The van der Waals surface area contributed by atoms with E-state index in [1.54, 1.807) is 12.1 Å². The second-order valence-corrected chi connectivity index (χ2v) is 6.32. The number of hydrogen-bond acceptors (Lipinski definition) is 4. The summed E-state index contributed by atoms with van der Waals surface area (Å²) >= 11 is 0. The van der Waals surface area contributed by atoms with Crippen molar-refractivity contribution in [3.8, 4) is 5.75 Å². The van der Waals surface area contributed by atoms with Crippen molar-refractivity contribution >= 4 is 11.6 Å². The van der Waals surface area contributed by atoms with Gasteiger partial charge in [-0.15, -0.1) is 0 Å². The molecule has 2 saturated heterocycles. The van der Waals surface area contributed by atoms with Gasteiger partial charge in [-0.05, 0) is 50.9 Å². The number of carbonyl (C=O) groups excluding carboxylic acids is 1. The van der Waals surface area contributed by atoms with Crippen molar-refractivity contribution in [2.75, 3.05) is 12.8 Å². The lowest BCUT2D eigenvalue weighted by Gasteiger charge is -2.47. The average molecular weight is 289 g/mol. The highest BCUT2D eigenvalue weighted by atomic mass is 16.3. The van der Waals surface area contributed by atoms with Crippen LogP contribution in [0, 0.1) is 0 Å². The second-order valence-electron chi connectivity index (χ2n) is 6.32. The number of benzene rings is 1. The molecule has 1 amide bonds. The molecule has 2 fully saturated rings. The minimum Gasteiger partial charge on any atom is -0.506 e. The number of nitrogens with zero attached hydrogens (tertiary/aromatic N) is 1. The minimum atomic E-state index is -0.127. The lowest BCUT2D eigenvalue weighted by atomic mass is 9.82. The molecule has 1 aromatic carbocycles. The number of aromatic hydroxyl groups is 1. The summed E-state index contributed by atoms with van der Waals surface area (Å²) in [5.74, 6) is -0.166. The van der Waals surface area contributed by atoms with Crippen molar-refractivity contribution in [3.05, 3.63) is 23.8 Å². The lowest BCUT2D eigenvalue weighted by molar-refractivity contribution is 0.0463. The third-order valence-corrected chi connectivity index (χ3v) is 4.97. The first kappa shape index (κ1) is 14.2. The Kier molecular flexibility index (Phi) is 3.76. The van der Waals surface area contributed by atoms with Crippen molar-refractivity contribution in [1.29, 1.82) is 0 Å². The van der Waals surface area contributed by atoms with E-state index in [2.05, 4.69) is 17.3 Å². The number of hydrogen-bond donors (Lipinski definition) is 3. The molecule has 5 heteroatoms. The molecule has 2 bridgehead atoms. The van der Waals surface area contributed by atoms with Gasteiger partial charge < -0.3 is 21.1 Å². The molecule has 4 N–H and O–H groups in total. The van der Waals surface area contributed by atoms with Gasteiger partial charge >= 0.3 is 0 Å². The van der Waals surface area contributed by atoms with Crippen molar-refractivity contribution in [1.82, 2.24) is 10.2 Å². The normalized spacial score (nSPS) is 29.1. The molecule has 2 unspecified atom stereocenters. The van der Waals surface area contributed by atoms with E-state index >= 15 is 0 Å². The van der Waals surface area contributed by atoms with Crippen molar-refractivity contribution < 1.29 is 9.90 Å². The number of phenols is 1. The van der Waals surface area contributed by atoms with E-state index in [0.29, 0.717) is 23.3 Å². The number of nitrogens with two attached hydrogens (primary N) is 1. The maximum Gasteiger partial charge on any atom is 0.251 e. The number of fused-ring (bicyclic) bond motifs is 2. The molecule has 21 heavy (non-hydrogen) atoms. The maximum absolute atomic E-state index is 12.3. The molecule has 2 aliphatic heterocycles. The van der Waals surface area contributed by atoms with Gasteiger partial charge in [0.25, 0.3) is 5.91 Å². The SMILES string of the molecule is CN1C2CCCC1CC(NC(=O)c1ccc(N)c(O)c1)C2. The molecule has 1 aromatic rings. The van der Waals surface area contributed by atoms with E-state index in [4.69, 9.17) is 5.73 Å². The van der Waals surface area contributed by atoms with Crippen LogP contribution in [0.1, 0.15) is 42.5 Å². The zero-order chi connectivity index (χ0) is 15.0. The summed E-state index contributed by atoms with van der Waals surface area (Å²) in [5.41, 5.74) is 6.32. The first-order chi connectivity index (χ1) is 10.0. The molecular formula is C16H23N3O2. The van der Waals surface area contributed by atoms with E-state index in [1.165, 1.54) is 25.3 Å². The van der Waals surface area contributed by atoms with Gasteiger partial charge in [-0.25, -0.2) is 0 Å². The van der Waals surface area contributed by atoms with Gasteiger partial charge in [-0.2, -0.15) is 0 Å². The number of rotatable bonds is 2. The van der Waals surface area contributed by atoms with Crippen LogP contribution < -0.4 is 11.1 Å². The molecule has 0 aromatic heterocycles. The van der Waals surface area contributed by atoms with Gasteiger partial charge in [0.1, 0.15) is 5.75 Å². The number of piperidine rings is 2. The van der Waals surface area contributed by atoms with Crippen molar-refractivity contribution in [3.63, 3.8) is 0 Å². The maximum atomic E-state index is 12.3. The Morgan fingerprint density at radius 3 is 2.62 bits per heavy atom. The van der Waals surface area contributed by atoms with Gasteiger partial charge in [0.05, 0.1) is 5.69 Å². The van der Waals surface area contributed by atoms with E-state index in [1.807, 2.05) is 0 Å². The first-order valence-electron chi connectivity index (χ1n) is 7.66. The summed E-state index contributed by atoms with van der Waals surface area (Å²) in [4.78, 5) is 14.8. The number of carbonyl (C=O) groups is 1. The number of nitrogens with one attached hydrogen (secondary N) is 1. The Morgan fingerprint density at radius 1 is 1.33 bits per heavy atom. The monoisotopic (exact) mass is 289 g/mol. The summed E-state index contributed by atoms with van der Waals surface area (Å²) in [5, 5.41) is 12.7. The summed E-state index contributed by atoms with van der Waals surface area (Å²) < 4.78 is 0. The zero-order valence-electron chi connectivity index (χ0n) is 12.4. The van der Waals surface area contributed by atoms with Gasteiger partial charge in [-0.1, -0.05) is 6.42 Å². The Labute approximate surface area is 125 Å².